The summed E-state index contributed by atoms with van der Waals surface area (Å²) in [5.74, 6) is -2.46. The first kappa shape index (κ1) is 56.2. The Bertz CT molecular complexity index is 3330. The molecular weight excluding hydrogens is 1060 g/mol. The second-order valence-electron chi connectivity index (χ2n) is 23.1. The fourth-order valence-corrected chi connectivity index (χ4v) is 14.5. The Hall–Kier alpha value is -6.54. The maximum Gasteiger partial charge on any atom is 0.352 e. The third-order valence-corrected chi connectivity index (χ3v) is 18.1. The van der Waals surface area contributed by atoms with Crippen molar-refractivity contribution in [3.05, 3.63) is 105 Å². The summed E-state index contributed by atoms with van der Waals surface area (Å²) in [5, 5.41) is 10.9. The molecule has 5 heterocycles. The van der Waals surface area contributed by atoms with E-state index in [0.717, 1.165) is 46.2 Å². The first-order valence-corrected chi connectivity index (χ1v) is 29.2. The molecule has 3 fully saturated rings. The van der Waals surface area contributed by atoms with Gasteiger partial charge in [-0.05, 0) is 158 Å². The van der Waals surface area contributed by atoms with Crippen molar-refractivity contribution in [1.29, 1.82) is 0 Å². The summed E-state index contributed by atoms with van der Waals surface area (Å²) in [6.45, 7) is 15.1. The Labute approximate surface area is 464 Å². The molecule has 0 aliphatic carbocycles. The van der Waals surface area contributed by atoms with E-state index < -0.39 is 57.3 Å². The van der Waals surface area contributed by atoms with Crippen molar-refractivity contribution in [3.63, 3.8) is 0 Å². The van der Waals surface area contributed by atoms with Crippen LogP contribution in [-0.4, -0.2) is 108 Å². The van der Waals surface area contributed by atoms with E-state index in [-0.39, 0.29) is 70.6 Å². The van der Waals surface area contributed by atoms with Crippen molar-refractivity contribution in [2.45, 2.75) is 141 Å². The number of benzene rings is 4. The van der Waals surface area contributed by atoms with E-state index in [1.165, 1.54) is 4.90 Å². The van der Waals surface area contributed by atoms with E-state index in [1.807, 2.05) is 68.4 Å². The van der Waals surface area contributed by atoms with Crippen LogP contribution in [0.2, 0.25) is 5.02 Å². The number of amides is 5. The Morgan fingerprint density at radius 1 is 0.846 bits per heavy atom. The number of thiophene rings is 1. The van der Waals surface area contributed by atoms with Gasteiger partial charge in [-0.2, -0.15) is 4.31 Å². The smallest absolute Gasteiger partial charge is 0.352 e. The van der Waals surface area contributed by atoms with Gasteiger partial charge in [0, 0.05) is 60.0 Å². The van der Waals surface area contributed by atoms with Crippen LogP contribution in [0.15, 0.2) is 78.9 Å². The van der Waals surface area contributed by atoms with Crippen molar-refractivity contribution in [2.75, 3.05) is 41.8 Å². The van der Waals surface area contributed by atoms with Crippen molar-refractivity contribution in [2.24, 2.45) is 0 Å². The van der Waals surface area contributed by atoms with Gasteiger partial charge < -0.3 is 29.7 Å². The number of hydrogen-bond acceptors (Lipinski definition) is 13. The molecule has 78 heavy (non-hydrogen) atoms. The molecule has 0 saturated carbocycles. The molecule has 4 aliphatic heterocycles. The fourth-order valence-electron chi connectivity index (χ4n) is 11.1. The van der Waals surface area contributed by atoms with Crippen LogP contribution in [-0.2, 0) is 39.6 Å². The minimum absolute atomic E-state index is 0.0300. The average Bonchev–Trinajstić information content (AvgIpc) is 3.88. The number of imide groups is 1. The Morgan fingerprint density at radius 3 is 2.31 bits per heavy atom. The zero-order valence-corrected chi connectivity index (χ0v) is 47.6. The second-order valence-corrected chi connectivity index (χ2v) is 26.4. The zero-order chi connectivity index (χ0) is 56.1. The lowest BCUT2D eigenvalue weighted by Crippen LogP contribution is -2.55. The van der Waals surface area contributed by atoms with Gasteiger partial charge in [-0.3, -0.25) is 24.6 Å². The number of anilines is 3. The lowest BCUT2D eigenvalue weighted by atomic mass is 9.87. The SMILES string of the molecule is CC(C)(C)OC(=O)COc1c(C(=O)OC(C)(C)C)sc(-c2cccc(N[C@H]3CCN(S(=O)(=O)Cc4cccc(NC(=O)N5CCC[C@@H](c6ccc7c8c(cccc68)N(C6CCC(=O)NC6=O)C7=O)CC5)c4)C(C)(C)C3)c2)c1Cl. The number of carbonyl (C=O) groups excluding carboxylic acids is 6. The Kier molecular flexibility index (Phi) is 15.8. The Morgan fingerprint density at radius 2 is 1.58 bits per heavy atom. The summed E-state index contributed by atoms with van der Waals surface area (Å²) < 4.78 is 47.1. The number of hydrogen-bond donors (Lipinski definition) is 3. The molecule has 414 valence electrons. The van der Waals surface area contributed by atoms with E-state index in [0.29, 0.717) is 65.3 Å². The molecule has 0 spiro atoms. The van der Waals surface area contributed by atoms with Crippen LogP contribution in [0.3, 0.4) is 0 Å². The van der Waals surface area contributed by atoms with E-state index >= 15 is 0 Å². The first-order valence-electron chi connectivity index (χ1n) is 26.4. The van der Waals surface area contributed by atoms with Crippen LogP contribution in [0, 0.1) is 0 Å². The average molecular weight is 1120 g/mol. The zero-order valence-electron chi connectivity index (χ0n) is 45.2. The lowest BCUT2D eigenvalue weighted by Gasteiger charge is -2.45. The molecule has 4 aliphatic rings. The molecule has 17 nitrogen and oxygen atoms in total. The van der Waals surface area contributed by atoms with Crippen LogP contribution in [0.5, 0.6) is 5.75 Å². The van der Waals surface area contributed by atoms with Crippen LogP contribution in [0.25, 0.3) is 21.2 Å². The third kappa shape index (κ3) is 12.3. The van der Waals surface area contributed by atoms with E-state index in [9.17, 15) is 37.2 Å². The number of halogens is 1. The van der Waals surface area contributed by atoms with Crippen molar-refractivity contribution >= 4 is 96.5 Å². The minimum atomic E-state index is -3.83. The number of nitrogens with zero attached hydrogens (tertiary/aromatic N) is 3. The molecule has 20 heteroatoms. The number of sulfonamides is 1. The van der Waals surface area contributed by atoms with Crippen LogP contribution in [0.1, 0.15) is 137 Å². The number of ether oxygens (including phenoxy) is 3. The van der Waals surface area contributed by atoms with E-state index in [1.54, 1.807) is 75.0 Å². The maximum absolute atomic E-state index is 14.3. The van der Waals surface area contributed by atoms with Gasteiger partial charge in [-0.1, -0.05) is 54.1 Å². The van der Waals surface area contributed by atoms with Crippen molar-refractivity contribution in [1.82, 2.24) is 14.5 Å². The summed E-state index contributed by atoms with van der Waals surface area (Å²) >= 11 is 8.03. The molecule has 5 aromatic rings. The molecule has 0 radical (unpaired) electrons. The number of carbonyl (C=O) groups is 6. The molecule has 4 aromatic carbocycles. The standard InChI is InChI=1S/C58H67ClN6O11S2/c1-56(2,3)75-46(67)32-74-49-48(59)50(77-51(49)54(70)76-57(4,5)6)36-14-10-17-38(30-36)60-39-25-28-64(58(7,8)31-39)78(72,73)33-34-13-9-16-37(29-34)61-55(71)63-26-12-15-35(24-27-63)40-20-21-42-47-41(40)18-11-19-43(47)65(53(42)69)44-22-23-45(66)62-52(44)68/h9-11,13-14,16-21,29-30,35,39,44,60H,12,15,22-28,31-33H2,1-8H3,(H,61,71)(H,62,66,68)/t35-,39+,44?/m1/s1. The number of rotatable bonds is 13. The van der Waals surface area contributed by atoms with Crippen LogP contribution < -0.4 is 25.6 Å². The normalized spacial score (nSPS) is 20.0. The quantitative estimate of drug-likeness (QED) is 0.0743. The molecule has 0 bridgehead atoms. The van der Waals surface area contributed by atoms with Gasteiger partial charge in [0.15, 0.2) is 17.2 Å². The molecule has 3 atom stereocenters. The molecule has 5 amide bonds. The topological polar surface area (TPSA) is 210 Å². The first-order chi connectivity index (χ1) is 36.7. The fraction of sp³-hybridized carbons (Fsp3) is 0.448. The van der Waals surface area contributed by atoms with Crippen molar-refractivity contribution < 1.29 is 51.4 Å². The number of esters is 2. The summed E-state index contributed by atoms with van der Waals surface area (Å²) in [6.07, 6.45) is 3.69. The second kappa shape index (κ2) is 21.9. The molecular formula is C58H67ClN6O11S2. The molecule has 1 aromatic heterocycles. The van der Waals surface area contributed by atoms with Gasteiger partial charge >= 0.3 is 18.0 Å². The summed E-state index contributed by atoms with van der Waals surface area (Å²) in [6, 6.07) is 22.9. The van der Waals surface area contributed by atoms with Gasteiger partial charge in [-0.25, -0.2) is 22.8 Å². The highest BCUT2D eigenvalue weighted by molar-refractivity contribution is 7.88. The van der Waals surface area contributed by atoms with Crippen LogP contribution in [0.4, 0.5) is 21.9 Å². The highest BCUT2D eigenvalue weighted by Gasteiger charge is 2.43. The molecule has 3 N–H and O–H groups in total. The number of nitrogens with one attached hydrogen (secondary N) is 3. The van der Waals surface area contributed by atoms with Crippen molar-refractivity contribution in [3.8, 4) is 16.2 Å². The lowest BCUT2D eigenvalue weighted by molar-refractivity contribution is -0.157. The summed E-state index contributed by atoms with van der Waals surface area (Å²) in [4.78, 5) is 82.4. The Balaban J connectivity index is 0.814. The number of piperidine rings is 2. The molecule has 9 rings (SSSR count). The largest absolute Gasteiger partial charge is 0.479 e. The van der Waals surface area contributed by atoms with Gasteiger partial charge in [0.25, 0.3) is 5.91 Å². The van der Waals surface area contributed by atoms with Gasteiger partial charge in [0.1, 0.15) is 22.3 Å². The highest BCUT2D eigenvalue weighted by Crippen LogP contribution is 2.48. The summed E-state index contributed by atoms with van der Waals surface area (Å²) in [5.41, 5.74) is 2.46. The van der Waals surface area contributed by atoms with Gasteiger partial charge in [0.2, 0.25) is 21.8 Å². The minimum Gasteiger partial charge on any atom is -0.479 e. The highest BCUT2D eigenvalue weighted by atomic mass is 35.5. The predicted octanol–water partition coefficient (Wildman–Crippen LogP) is 10.6. The molecule has 1 unspecified atom stereocenters. The van der Waals surface area contributed by atoms with Gasteiger partial charge in [0.05, 0.1) is 16.3 Å². The number of likely N-dealkylation sites (tertiary alicyclic amines) is 1. The summed E-state index contributed by atoms with van der Waals surface area (Å²) in [7, 11) is -3.83. The third-order valence-electron chi connectivity index (χ3n) is 14.3. The van der Waals surface area contributed by atoms with E-state index in [4.69, 9.17) is 25.8 Å². The van der Waals surface area contributed by atoms with Crippen LogP contribution >= 0.6 is 22.9 Å². The van der Waals surface area contributed by atoms with E-state index in [2.05, 4.69) is 16.0 Å². The number of urea groups is 1. The van der Waals surface area contributed by atoms with Gasteiger partial charge in [-0.15, -0.1) is 11.3 Å². The maximum atomic E-state index is 14.3. The molecule has 3 saturated heterocycles. The predicted molar refractivity (Wildman–Crippen MR) is 302 cm³/mol. The monoisotopic (exact) mass is 1120 g/mol.